The molecule has 7 heteroatoms. The second-order valence-electron chi connectivity index (χ2n) is 3.45. The molecular formula is C9H8ClNO4S. The summed E-state index contributed by atoms with van der Waals surface area (Å²) in [6, 6.07) is 4.17. The summed E-state index contributed by atoms with van der Waals surface area (Å²) in [7, 11) is 2.62. The highest BCUT2D eigenvalue weighted by atomic mass is 35.7. The number of hydrogen-bond donors (Lipinski definition) is 1. The van der Waals surface area contributed by atoms with E-state index in [9.17, 15) is 18.3 Å². The average Bonchev–Trinajstić information content (AvgIpc) is 2.43. The number of rotatable bonds is 1. The summed E-state index contributed by atoms with van der Waals surface area (Å²) in [6.07, 6.45) is -1.12. The maximum Gasteiger partial charge on any atom is 0.262 e. The van der Waals surface area contributed by atoms with Gasteiger partial charge >= 0.3 is 0 Å². The monoisotopic (exact) mass is 261 g/mol. The van der Waals surface area contributed by atoms with Gasteiger partial charge in [0.15, 0.2) is 6.23 Å². The average molecular weight is 262 g/mol. The van der Waals surface area contributed by atoms with Crippen molar-refractivity contribution < 1.29 is 18.3 Å². The molecule has 0 saturated heterocycles. The van der Waals surface area contributed by atoms with E-state index in [1.165, 1.54) is 25.2 Å². The van der Waals surface area contributed by atoms with E-state index in [2.05, 4.69) is 0 Å². The Morgan fingerprint density at radius 3 is 2.62 bits per heavy atom. The normalized spacial score (nSPS) is 20.1. The van der Waals surface area contributed by atoms with Crippen molar-refractivity contribution in [3.8, 4) is 0 Å². The Labute approximate surface area is 96.7 Å². The molecule has 2 rings (SSSR count). The predicted molar refractivity (Wildman–Crippen MR) is 56.5 cm³/mol. The van der Waals surface area contributed by atoms with Crippen LogP contribution in [-0.2, 0) is 9.05 Å². The first-order valence-electron chi connectivity index (χ1n) is 4.37. The summed E-state index contributed by atoms with van der Waals surface area (Å²) >= 11 is 0. The van der Waals surface area contributed by atoms with Gasteiger partial charge in [-0.15, -0.1) is 0 Å². The summed E-state index contributed by atoms with van der Waals surface area (Å²) in [4.78, 5) is 12.5. The maximum atomic E-state index is 11.7. The van der Waals surface area contributed by atoms with Crippen molar-refractivity contribution >= 4 is 25.6 Å². The number of carbonyl (C=O) groups excluding carboxylic acids is 1. The van der Waals surface area contributed by atoms with E-state index in [-0.39, 0.29) is 16.0 Å². The molecule has 1 N–H and O–H groups in total. The summed E-state index contributed by atoms with van der Waals surface area (Å²) < 4.78 is 22.5. The standard InChI is InChI=1S/C9H8ClNO4S/c1-11-8(12)5-3-2-4-6(16(10,14)15)7(5)9(11)13/h2-4,8,12H,1H3. The number of nitrogens with zero attached hydrogens (tertiary/aromatic N) is 1. The Morgan fingerprint density at radius 1 is 1.44 bits per heavy atom. The molecule has 1 aliphatic heterocycles. The summed E-state index contributed by atoms with van der Waals surface area (Å²) in [5, 5.41) is 9.68. The SMILES string of the molecule is CN1C(=O)c2c(cccc2S(=O)(=O)Cl)C1O. The first-order chi connectivity index (χ1) is 7.34. The lowest BCUT2D eigenvalue weighted by Crippen LogP contribution is -2.22. The molecule has 0 aromatic heterocycles. The number of amides is 1. The van der Waals surface area contributed by atoms with Gasteiger partial charge in [-0.3, -0.25) is 4.79 Å². The summed E-state index contributed by atoms with van der Waals surface area (Å²) in [5.74, 6) is -0.553. The van der Waals surface area contributed by atoms with Crippen LogP contribution in [0.15, 0.2) is 23.1 Å². The number of carbonyl (C=O) groups is 1. The first-order valence-corrected chi connectivity index (χ1v) is 6.68. The Balaban J connectivity index is 2.78. The van der Waals surface area contributed by atoms with E-state index in [0.29, 0.717) is 0 Å². The minimum Gasteiger partial charge on any atom is -0.369 e. The quantitative estimate of drug-likeness (QED) is 0.755. The van der Waals surface area contributed by atoms with Crippen LogP contribution in [0.3, 0.4) is 0 Å². The zero-order valence-corrected chi connectivity index (χ0v) is 9.79. The lowest BCUT2D eigenvalue weighted by molar-refractivity contribution is 0.0301. The molecular weight excluding hydrogens is 254 g/mol. The fourth-order valence-electron chi connectivity index (χ4n) is 1.69. The van der Waals surface area contributed by atoms with Gasteiger partial charge in [-0.1, -0.05) is 12.1 Å². The molecule has 0 fully saturated rings. The number of aliphatic hydroxyl groups is 1. The van der Waals surface area contributed by atoms with Crippen molar-refractivity contribution in [3.63, 3.8) is 0 Å². The van der Waals surface area contributed by atoms with Crippen molar-refractivity contribution in [2.45, 2.75) is 11.1 Å². The van der Waals surface area contributed by atoms with Crippen LogP contribution in [0.2, 0.25) is 0 Å². The highest BCUT2D eigenvalue weighted by molar-refractivity contribution is 8.13. The van der Waals surface area contributed by atoms with Gasteiger partial charge < -0.3 is 10.0 Å². The van der Waals surface area contributed by atoms with Crippen LogP contribution in [0, 0.1) is 0 Å². The highest BCUT2D eigenvalue weighted by Gasteiger charge is 2.37. The van der Waals surface area contributed by atoms with Gasteiger partial charge in [-0.05, 0) is 6.07 Å². The molecule has 1 amide bonds. The Morgan fingerprint density at radius 2 is 2.06 bits per heavy atom. The van der Waals surface area contributed by atoms with Crippen LogP contribution in [0.4, 0.5) is 0 Å². The van der Waals surface area contributed by atoms with Crippen molar-refractivity contribution in [3.05, 3.63) is 29.3 Å². The molecule has 16 heavy (non-hydrogen) atoms. The lowest BCUT2D eigenvalue weighted by Gasteiger charge is -2.13. The number of hydrogen-bond acceptors (Lipinski definition) is 4. The molecule has 0 radical (unpaired) electrons. The minimum atomic E-state index is -3.99. The smallest absolute Gasteiger partial charge is 0.262 e. The van der Waals surface area contributed by atoms with Gasteiger partial charge in [0, 0.05) is 23.3 Å². The zero-order chi connectivity index (χ0) is 12.1. The third-order valence-electron chi connectivity index (χ3n) is 2.50. The highest BCUT2D eigenvalue weighted by Crippen LogP contribution is 2.35. The van der Waals surface area contributed by atoms with Crippen molar-refractivity contribution in [1.29, 1.82) is 0 Å². The van der Waals surface area contributed by atoms with Gasteiger partial charge in [0.1, 0.15) is 0 Å². The van der Waals surface area contributed by atoms with Gasteiger partial charge in [0.05, 0.1) is 10.5 Å². The van der Waals surface area contributed by atoms with Crippen LogP contribution < -0.4 is 0 Å². The minimum absolute atomic E-state index is 0.0486. The van der Waals surface area contributed by atoms with Crippen LogP contribution >= 0.6 is 10.7 Å². The fraction of sp³-hybridized carbons (Fsp3) is 0.222. The van der Waals surface area contributed by atoms with Gasteiger partial charge in [-0.2, -0.15) is 0 Å². The van der Waals surface area contributed by atoms with Crippen molar-refractivity contribution in [2.75, 3.05) is 7.05 Å². The van der Waals surface area contributed by atoms with Gasteiger partial charge in [0.25, 0.3) is 15.0 Å². The largest absolute Gasteiger partial charge is 0.369 e. The maximum absolute atomic E-state index is 11.7. The summed E-state index contributed by atoms with van der Waals surface area (Å²) in [6.45, 7) is 0. The molecule has 0 saturated carbocycles. The first kappa shape index (κ1) is 11.4. The third kappa shape index (κ3) is 1.50. The van der Waals surface area contributed by atoms with Crippen LogP contribution in [0.25, 0.3) is 0 Å². The topological polar surface area (TPSA) is 74.7 Å². The third-order valence-corrected chi connectivity index (χ3v) is 3.86. The van der Waals surface area contributed by atoms with Crippen LogP contribution in [0.1, 0.15) is 22.1 Å². The van der Waals surface area contributed by atoms with E-state index in [1.807, 2.05) is 0 Å². The zero-order valence-electron chi connectivity index (χ0n) is 8.21. The fourth-order valence-corrected chi connectivity index (χ4v) is 2.77. The molecule has 0 aliphatic carbocycles. The summed E-state index contributed by atoms with van der Waals surface area (Å²) in [5.41, 5.74) is 0.210. The lowest BCUT2D eigenvalue weighted by atomic mass is 10.1. The molecule has 0 bridgehead atoms. The molecule has 1 unspecified atom stereocenters. The van der Waals surface area contributed by atoms with Crippen LogP contribution in [-0.4, -0.2) is 31.4 Å². The van der Waals surface area contributed by atoms with E-state index in [1.54, 1.807) is 0 Å². The molecule has 5 nitrogen and oxygen atoms in total. The molecule has 86 valence electrons. The number of aliphatic hydroxyl groups excluding tert-OH is 1. The van der Waals surface area contributed by atoms with Crippen molar-refractivity contribution in [2.24, 2.45) is 0 Å². The van der Waals surface area contributed by atoms with E-state index in [4.69, 9.17) is 10.7 Å². The van der Waals surface area contributed by atoms with E-state index >= 15 is 0 Å². The molecule has 1 atom stereocenters. The second-order valence-corrected chi connectivity index (χ2v) is 5.98. The van der Waals surface area contributed by atoms with E-state index < -0.39 is 21.2 Å². The second kappa shape index (κ2) is 3.44. The van der Waals surface area contributed by atoms with Gasteiger partial charge in [0.2, 0.25) is 0 Å². The Bertz CT molecular complexity index is 569. The van der Waals surface area contributed by atoms with Crippen LogP contribution in [0.5, 0.6) is 0 Å². The Hall–Kier alpha value is -1.11. The molecule has 1 heterocycles. The number of benzene rings is 1. The molecule has 1 aliphatic rings. The van der Waals surface area contributed by atoms with E-state index in [0.717, 1.165) is 4.90 Å². The number of halogens is 1. The molecule has 1 aromatic rings. The Kier molecular flexibility index (Phi) is 2.45. The number of fused-ring (bicyclic) bond motifs is 1. The van der Waals surface area contributed by atoms with Gasteiger partial charge in [-0.25, -0.2) is 8.42 Å². The molecule has 0 spiro atoms. The molecule has 1 aromatic carbocycles. The van der Waals surface area contributed by atoms with Crippen molar-refractivity contribution in [1.82, 2.24) is 4.90 Å². The predicted octanol–water partition coefficient (Wildman–Crippen LogP) is 0.691.